The molecule has 1 aliphatic heterocycles. The summed E-state index contributed by atoms with van der Waals surface area (Å²) in [4.78, 5) is 43.2. The van der Waals surface area contributed by atoms with Gasteiger partial charge in [0.15, 0.2) is 27.8 Å². The van der Waals surface area contributed by atoms with Crippen LogP contribution in [0.5, 0.6) is 23.0 Å². The molecule has 1 atom stereocenters. The molecule has 10 nitrogen and oxygen atoms in total. The molecule has 204 valence electrons. The standard InChI is InChI=1S/C28H28N2O8S/c1-7-37-19-10-8-17(12-21(19)34-4)13-23-26(32)30-25(24(27(33)36-6)15(2)29-28(30)39-23)18-9-11-20(38-16(3)31)22(14-18)35-5/h8-14,25H,7H2,1-6H3/b23-13+/t25-/m0/s1. The van der Waals surface area contributed by atoms with Gasteiger partial charge in [-0.05, 0) is 55.3 Å². The van der Waals surface area contributed by atoms with Gasteiger partial charge in [0, 0.05) is 6.92 Å². The highest BCUT2D eigenvalue weighted by Crippen LogP contribution is 2.36. The zero-order valence-corrected chi connectivity index (χ0v) is 23.2. The Bertz CT molecular complexity index is 1650. The van der Waals surface area contributed by atoms with Crippen molar-refractivity contribution in [2.75, 3.05) is 27.9 Å². The van der Waals surface area contributed by atoms with Gasteiger partial charge in [-0.25, -0.2) is 9.79 Å². The number of allylic oxidation sites excluding steroid dienone is 1. The number of rotatable bonds is 8. The Morgan fingerprint density at radius 1 is 1.03 bits per heavy atom. The quantitative estimate of drug-likeness (QED) is 0.310. The van der Waals surface area contributed by atoms with Crippen molar-refractivity contribution in [2.24, 2.45) is 4.99 Å². The molecule has 0 N–H and O–H groups in total. The fourth-order valence-electron chi connectivity index (χ4n) is 4.30. The zero-order chi connectivity index (χ0) is 28.3. The Balaban J connectivity index is 1.92. The molecule has 2 aromatic carbocycles. The van der Waals surface area contributed by atoms with Crippen LogP contribution in [0.4, 0.5) is 0 Å². The van der Waals surface area contributed by atoms with Crippen molar-refractivity contribution >= 4 is 29.4 Å². The first-order valence-corrected chi connectivity index (χ1v) is 12.8. The summed E-state index contributed by atoms with van der Waals surface area (Å²) < 4.78 is 28.6. The summed E-state index contributed by atoms with van der Waals surface area (Å²) in [6.45, 7) is 5.35. The number of carbonyl (C=O) groups excluding carboxylic acids is 2. The first kappa shape index (κ1) is 27.6. The maximum Gasteiger partial charge on any atom is 0.338 e. The van der Waals surface area contributed by atoms with Crippen LogP contribution in [0.15, 0.2) is 57.5 Å². The lowest BCUT2D eigenvalue weighted by molar-refractivity contribution is -0.136. The van der Waals surface area contributed by atoms with Gasteiger partial charge in [0.2, 0.25) is 0 Å². The molecule has 0 spiro atoms. The molecular weight excluding hydrogens is 524 g/mol. The third-order valence-corrected chi connectivity index (χ3v) is 6.95. The highest BCUT2D eigenvalue weighted by Gasteiger charge is 2.33. The van der Waals surface area contributed by atoms with Gasteiger partial charge in [-0.3, -0.25) is 14.2 Å². The molecule has 0 saturated carbocycles. The van der Waals surface area contributed by atoms with E-state index in [1.54, 1.807) is 50.4 Å². The number of esters is 2. The third kappa shape index (κ3) is 5.44. The summed E-state index contributed by atoms with van der Waals surface area (Å²) in [5.41, 5.74) is 1.57. The first-order chi connectivity index (χ1) is 18.7. The van der Waals surface area contributed by atoms with E-state index in [0.717, 1.165) is 5.56 Å². The summed E-state index contributed by atoms with van der Waals surface area (Å²) in [6, 6.07) is 9.38. The lowest BCUT2D eigenvalue weighted by Crippen LogP contribution is -2.39. The number of hydrogen-bond donors (Lipinski definition) is 0. The van der Waals surface area contributed by atoms with Gasteiger partial charge < -0.3 is 23.7 Å². The summed E-state index contributed by atoms with van der Waals surface area (Å²) in [5.74, 6) is 0.500. The average molecular weight is 553 g/mol. The van der Waals surface area contributed by atoms with E-state index in [9.17, 15) is 14.4 Å². The molecule has 1 aromatic heterocycles. The summed E-state index contributed by atoms with van der Waals surface area (Å²) in [7, 11) is 4.26. The third-order valence-electron chi connectivity index (χ3n) is 5.97. The molecule has 0 amide bonds. The number of methoxy groups -OCH3 is 3. The molecule has 0 aliphatic carbocycles. The second-order valence-corrected chi connectivity index (χ2v) is 9.43. The fraction of sp³-hybridized carbons (Fsp3) is 0.286. The van der Waals surface area contributed by atoms with Crippen LogP contribution in [0.1, 0.15) is 37.9 Å². The van der Waals surface area contributed by atoms with Crippen LogP contribution in [0.2, 0.25) is 0 Å². The van der Waals surface area contributed by atoms with Crippen LogP contribution in [-0.2, 0) is 14.3 Å². The molecule has 0 fully saturated rings. The van der Waals surface area contributed by atoms with Crippen LogP contribution in [-0.4, -0.2) is 44.4 Å². The molecule has 0 unspecified atom stereocenters. The molecule has 3 aromatic rings. The Morgan fingerprint density at radius 2 is 1.72 bits per heavy atom. The van der Waals surface area contributed by atoms with E-state index < -0.39 is 18.0 Å². The van der Waals surface area contributed by atoms with Crippen LogP contribution in [0, 0.1) is 0 Å². The maximum atomic E-state index is 13.8. The molecule has 39 heavy (non-hydrogen) atoms. The van der Waals surface area contributed by atoms with Crippen molar-refractivity contribution in [2.45, 2.75) is 26.8 Å². The number of ether oxygens (including phenoxy) is 5. The fourth-order valence-corrected chi connectivity index (χ4v) is 5.35. The van der Waals surface area contributed by atoms with Crippen molar-refractivity contribution in [3.05, 3.63) is 78.5 Å². The minimum Gasteiger partial charge on any atom is -0.493 e. The topological polar surface area (TPSA) is 115 Å². The van der Waals surface area contributed by atoms with Gasteiger partial charge in [0.1, 0.15) is 0 Å². The minimum absolute atomic E-state index is 0.210. The number of fused-ring (bicyclic) bond motifs is 1. The molecule has 11 heteroatoms. The van der Waals surface area contributed by atoms with E-state index in [0.29, 0.717) is 38.7 Å². The maximum absolute atomic E-state index is 13.8. The largest absolute Gasteiger partial charge is 0.493 e. The molecule has 1 aliphatic rings. The van der Waals surface area contributed by atoms with Gasteiger partial charge in [-0.1, -0.05) is 23.5 Å². The SMILES string of the molecule is CCOc1ccc(/C=c2/sc3n(c2=O)[C@@H](c2ccc(OC(C)=O)c(OC)c2)C(C(=O)OC)=C(C)N=3)cc1OC. The second-order valence-electron chi connectivity index (χ2n) is 8.42. The van der Waals surface area contributed by atoms with Gasteiger partial charge in [0.25, 0.3) is 5.56 Å². The van der Waals surface area contributed by atoms with Gasteiger partial charge in [-0.2, -0.15) is 0 Å². The number of carbonyl (C=O) groups is 2. The van der Waals surface area contributed by atoms with Crippen LogP contribution >= 0.6 is 11.3 Å². The number of nitrogens with zero attached hydrogens (tertiary/aromatic N) is 2. The van der Waals surface area contributed by atoms with Crippen molar-refractivity contribution in [3.8, 4) is 23.0 Å². The van der Waals surface area contributed by atoms with E-state index in [4.69, 9.17) is 23.7 Å². The normalized spacial score (nSPS) is 14.8. The highest BCUT2D eigenvalue weighted by molar-refractivity contribution is 7.07. The smallest absolute Gasteiger partial charge is 0.338 e. The van der Waals surface area contributed by atoms with Crippen LogP contribution in [0.3, 0.4) is 0 Å². The first-order valence-electron chi connectivity index (χ1n) is 12.0. The predicted molar refractivity (Wildman–Crippen MR) is 144 cm³/mol. The number of hydrogen-bond acceptors (Lipinski definition) is 10. The second kappa shape index (κ2) is 11.6. The van der Waals surface area contributed by atoms with Crippen LogP contribution in [0.25, 0.3) is 6.08 Å². The minimum atomic E-state index is -0.856. The average Bonchev–Trinajstić information content (AvgIpc) is 3.22. The van der Waals surface area contributed by atoms with Crippen molar-refractivity contribution in [1.29, 1.82) is 0 Å². The molecular formula is C28H28N2O8S. The number of thiazole rings is 1. The van der Waals surface area contributed by atoms with E-state index in [1.807, 2.05) is 13.0 Å². The summed E-state index contributed by atoms with van der Waals surface area (Å²) >= 11 is 1.20. The van der Waals surface area contributed by atoms with Gasteiger partial charge in [-0.15, -0.1) is 0 Å². The molecule has 0 saturated heterocycles. The Hall–Kier alpha value is -4.38. The lowest BCUT2D eigenvalue weighted by atomic mass is 9.95. The van der Waals surface area contributed by atoms with Crippen molar-refractivity contribution in [1.82, 2.24) is 4.57 Å². The monoisotopic (exact) mass is 552 g/mol. The zero-order valence-electron chi connectivity index (χ0n) is 22.4. The Labute approximate surface area is 228 Å². The van der Waals surface area contributed by atoms with Crippen molar-refractivity contribution < 1.29 is 33.3 Å². The van der Waals surface area contributed by atoms with Crippen molar-refractivity contribution in [3.63, 3.8) is 0 Å². The molecule has 0 radical (unpaired) electrons. The van der Waals surface area contributed by atoms with Gasteiger partial charge in [0.05, 0.1) is 49.8 Å². The van der Waals surface area contributed by atoms with Crippen LogP contribution < -0.4 is 33.8 Å². The van der Waals surface area contributed by atoms with E-state index in [-0.39, 0.29) is 22.6 Å². The summed E-state index contributed by atoms with van der Waals surface area (Å²) in [6.07, 6.45) is 1.74. The predicted octanol–water partition coefficient (Wildman–Crippen LogP) is 2.75. The highest BCUT2D eigenvalue weighted by atomic mass is 32.1. The van der Waals surface area contributed by atoms with E-state index in [1.165, 1.54) is 37.0 Å². The Kier molecular flexibility index (Phi) is 8.20. The van der Waals surface area contributed by atoms with E-state index in [2.05, 4.69) is 4.99 Å². The van der Waals surface area contributed by atoms with E-state index >= 15 is 0 Å². The summed E-state index contributed by atoms with van der Waals surface area (Å²) in [5, 5.41) is 0. The lowest BCUT2D eigenvalue weighted by Gasteiger charge is -2.25. The molecule has 4 rings (SSSR count). The molecule has 0 bridgehead atoms. The molecule has 2 heterocycles. The number of benzene rings is 2. The Morgan fingerprint density at radius 3 is 2.36 bits per heavy atom. The van der Waals surface area contributed by atoms with Gasteiger partial charge >= 0.3 is 11.9 Å². The number of aromatic nitrogens is 1.